The van der Waals surface area contributed by atoms with Gasteiger partial charge in [-0.25, -0.2) is 0 Å². The zero-order valence-corrected chi connectivity index (χ0v) is 15.7. The van der Waals surface area contributed by atoms with Crippen molar-refractivity contribution in [2.24, 2.45) is 0 Å². The molecule has 0 spiro atoms. The van der Waals surface area contributed by atoms with Crippen LogP contribution in [0, 0.1) is 0 Å². The summed E-state index contributed by atoms with van der Waals surface area (Å²) < 4.78 is 85.2. The lowest BCUT2D eigenvalue weighted by Crippen LogP contribution is -2.53. The Hall–Kier alpha value is -2.40. The van der Waals surface area contributed by atoms with Gasteiger partial charge in [-0.2, -0.15) is 26.3 Å². The number of benzene rings is 1. The summed E-state index contributed by atoms with van der Waals surface area (Å²) in [4.78, 5) is 0. The van der Waals surface area contributed by atoms with Gasteiger partial charge in [0.1, 0.15) is 0 Å². The third-order valence-electron chi connectivity index (χ3n) is 6.07. The summed E-state index contributed by atoms with van der Waals surface area (Å²) in [6.45, 7) is 3.45. The molecular formula is C19H17F6NO4. The SMILES string of the molecule is CC12CCC(C)(O1)c1c2c(O)n(-c2ccc(C(O)(C(F)(F)F)C(F)(F)F)cc2)c1O. The Morgan fingerprint density at radius 1 is 0.833 bits per heavy atom. The van der Waals surface area contributed by atoms with E-state index in [1.807, 2.05) is 0 Å². The Labute approximate surface area is 166 Å². The molecule has 2 aromatic rings. The minimum absolute atomic E-state index is 0.0820. The minimum Gasteiger partial charge on any atom is -0.494 e. The van der Waals surface area contributed by atoms with Crippen LogP contribution in [-0.4, -0.2) is 32.2 Å². The minimum atomic E-state index is -6.01. The fourth-order valence-electron chi connectivity index (χ4n) is 4.56. The predicted molar refractivity (Wildman–Crippen MR) is 90.1 cm³/mol. The van der Waals surface area contributed by atoms with E-state index in [-0.39, 0.29) is 5.69 Å². The number of hydrogen-bond acceptors (Lipinski definition) is 4. The number of nitrogens with zero attached hydrogens (tertiary/aromatic N) is 1. The molecule has 0 radical (unpaired) electrons. The first-order chi connectivity index (χ1) is 13.6. The number of halogens is 6. The van der Waals surface area contributed by atoms with Crippen LogP contribution in [0.1, 0.15) is 43.4 Å². The highest BCUT2D eigenvalue weighted by molar-refractivity contribution is 5.60. The summed E-state index contributed by atoms with van der Waals surface area (Å²) in [7, 11) is 0. The molecule has 2 aliphatic rings. The van der Waals surface area contributed by atoms with Gasteiger partial charge in [0.2, 0.25) is 11.8 Å². The second-order valence-electron chi connectivity index (χ2n) is 8.05. The Balaban J connectivity index is 1.83. The molecule has 1 fully saturated rings. The monoisotopic (exact) mass is 437 g/mol. The number of fused-ring (bicyclic) bond motifs is 5. The van der Waals surface area contributed by atoms with E-state index in [2.05, 4.69) is 0 Å². The fraction of sp³-hybridized carbons (Fsp3) is 0.474. The van der Waals surface area contributed by atoms with Gasteiger partial charge in [-0.15, -0.1) is 0 Å². The predicted octanol–water partition coefficient (Wildman–Crippen LogP) is 4.46. The Morgan fingerprint density at radius 2 is 1.23 bits per heavy atom. The Kier molecular flexibility index (Phi) is 3.92. The lowest BCUT2D eigenvalue weighted by Gasteiger charge is -2.32. The van der Waals surface area contributed by atoms with Crippen molar-refractivity contribution >= 4 is 0 Å². The van der Waals surface area contributed by atoms with E-state index in [4.69, 9.17) is 4.74 Å². The molecule has 1 aromatic carbocycles. The average Bonchev–Trinajstić information content (AvgIpc) is 3.16. The molecule has 0 aliphatic carbocycles. The molecule has 0 amide bonds. The quantitative estimate of drug-likeness (QED) is 0.607. The molecule has 11 heteroatoms. The number of aliphatic hydroxyl groups is 1. The van der Waals surface area contributed by atoms with Crippen molar-refractivity contribution in [3.05, 3.63) is 41.0 Å². The highest BCUT2D eigenvalue weighted by atomic mass is 19.4. The zero-order valence-electron chi connectivity index (χ0n) is 15.7. The molecule has 3 N–H and O–H groups in total. The number of aromatic nitrogens is 1. The molecule has 5 nitrogen and oxygen atoms in total. The molecule has 2 bridgehead atoms. The molecule has 1 saturated heterocycles. The van der Waals surface area contributed by atoms with Gasteiger partial charge < -0.3 is 20.1 Å². The normalized spacial score (nSPS) is 26.3. The second-order valence-corrected chi connectivity index (χ2v) is 8.05. The van der Waals surface area contributed by atoms with E-state index in [1.165, 1.54) is 0 Å². The molecule has 3 heterocycles. The van der Waals surface area contributed by atoms with Crippen molar-refractivity contribution in [2.75, 3.05) is 0 Å². The molecule has 30 heavy (non-hydrogen) atoms. The highest BCUT2D eigenvalue weighted by Crippen LogP contribution is 2.64. The van der Waals surface area contributed by atoms with Crippen LogP contribution in [-0.2, 0) is 21.5 Å². The molecule has 0 saturated carbocycles. The van der Waals surface area contributed by atoms with Gasteiger partial charge in [-0.05, 0) is 38.8 Å². The van der Waals surface area contributed by atoms with Crippen LogP contribution in [0.4, 0.5) is 26.3 Å². The van der Waals surface area contributed by atoms with Gasteiger partial charge in [0.05, 0.1) is 28.0 Å². The van der Waals surface area contributed by atoms with Crippen molar-refractivity contribution in [2.45, 2.75) is 55.8 Å². The summed E-state index contributed by atoms with van der Waals surface area (Å²) in [5.41, 5.74) is -7.66. The van der Waals surface area contributed by atoms with Crippen molar-refractivity contribution in [1.82, 2.24) is 4.57 Å². The average molecular weight is 437 g/mol. The fourth-order valence-corrected chi connectivity index (χ4v) is 4.56. The molecule has 2 aliphatic heterocycles. The van der Waals surface area contributed by atoms with Gasteiger partial charge in [-0.3, -0.25) is 4.57 Å². The van der Waals surface area contributed by atoms with Crippen molar-refractivity contribution in [3.63, 3.8) is 0 Å². The van der Waals surface area contributed by atoms with Gasteiger partial charge in [0.25, 0.3) is 5.60 Å². The van der Waals surface area contributed by atoms with Gasteiger partial charge >= 0.3 is 12.4 Å². The summed E-state index contributed by atoms with van der Waals surface area (Å²) in [6.07, 6.45) is -10.9. The molecular weight excluding hydrogens is 420 g/mol. The van der Waals surface area contributed by atoms with Gasteiger partial charge in [0, 0.05) is 5.56 Å². The standard InChI is InChI=1S/C19H17F6NO4/c1-15-7-8-16(2,30-15)12-11(15)13(27)26(14(12)28)10-5-3-9(4-6-10)17(29,18(20,21)22)19(23,24)25/h3-6,27-29H,7-8H2,1-2H3. The van der Waals surface area contributed by atoms with E-state index in [0.717, 1.165) is 16.7 Å². The Morgan fingerprint density at radius 3 is 1.60 bits per heavy atom. The molecule has 164 valence electrons. The molecule has 2 unspecified atom stereocenters. The number of aromatic hydroxyl groups is 2. The van der Waals surface area contributed by atoms with Crippen LogP contribution in [0.15, 0.2) is 24.3 Å². The maximum Gasteiger partial charge on any atom is 0.430 e. The molecule has 4 rings (SSSR count). The van der Waals surface area contributed by atoms with E-state index >= 15 is 0 Å². The maximum absolute atomic E-state index is 13.1. The van der Waals surface area contributed by atoms with Crippen LogP contribution in [0.3, 0.4) is 0 Å². The van der Waals surface area contributed by atoms with Gasteiger partial charge in [0.15, 0.2) is 0 Å². The molecule has 1 aromatic heterocycles. The van der Waals surface area contributed by atoms with Crippen LogP contribution in [0.25, 0.3) is 5.69 Å². The highest BCUT2D eigenvalue weighted by Gasteiger charge is 2.71. The Bertz CT molecular complexity index is 972. The summed E-state index contributed by atoms with van der Waals surface area (Å²) in [5, 5.41) is 30.9. The number of rotatable bonds is 2. The van der Waals surface area contributed by atoms with Crippen LogP contribution >= 0.6 is 0 Å². The van der Waals surface area contributed by atoms with E-state index in [0.29, 0.717) is 36.1 Å². The first kappa shape index (κ1) is 20.9. The first-order valence-electron chi connectivity index (χ1n) is 8.91. The lowest BCUT2D eigenvalue weighted by atomic mass is 9.80. The maximum atomic E-state index is 13.1. The van der Waals surface area contributed by atoms with Crippen LogP contribution in [0.5, 0.6) is 11.8 Å². The smallest absolute Gasteiger partial charge is 0.430 e. The third kappa shape index (κ3) is 2.38. The third-order valence-corrected chi connectivity index (χ3v) is 6.07. The van der Waals surface area contributed by atoms with E-state index < -0.39 is 46.5 Å². The van der Waals surface area contributed by atoms with Crippen molar-refractivity contribution < 1.29 is 46.4 Å². The largest absolute Gasteiger partial charge is 0.494 e. The number of hydrogen-bond donors (Lipinski definition) is 3. The summed E-state index contributed by atoms with van der Waals surface area (Å²) in [6, 6.07) is 2.60. The second kappa shape index (κ2) is 5.64. The van der Waals surface area contributed by atoms with E-state index in [1.54, 1.807) is 13.8 Å². The summed E-state index contributed by atoms with van der Waals surface area (Å²) in [5.74, 6) is -0.828. The number of ether oxygens (including phenoxy) is 1. The van der Waals surface area contributed by atoms with Crippen LogP contribution in [0.2, 0.25) is 0 Å². The zero-order chi connectivity index (χ0) is 22.5. The van der Waals surface area contributed by atoms with Crippen molar-refractivity contribution in [3.8, 4) is 17.4 Å². The topological polar surface area (TPSA) is 74.9 Å². The van der Waals surface area contributed by atoms with E-state index in [9.17, 15) is 41.7 Å². The van der Waals surface area contributed by atoms with Crippen molar-refractivity contribution in [1.29, 1.82) is 0 Å². The van der Waals surface area contributed by atoms with Gasteiger partial charge in [-0.1, -0.05) is 12.1 Å². The van der Waals surface area contributed by atoms with Crippen LogP contribution < -0.4 is 0 Å². The summed E-state index contributed by atoms with van der Waals surface area (Å²) >= 11 is 0. The molecule has 2 atom stereocenters. The lowest BCUT2D eigenvalue weighted by molar-refractivity contribution is -0.376. The number of alkyl halides is 6. The first-order valence-corrected chi connectivity index (χ1v) is 8.91.